The van der Waals surface area contributed by atoms with E-state index in [1.807, 2.05) is 18.7 Å². The third-order valence-corrected chi connectivity index (χ3v) is 4.37. The molecule has 0 bridgehead atoms. The van der Waals surface area contributed by atoms with Gasteiger partial charge in [-0.15, -0.1) is 0 Å². The highest BCUT2D eigenvalue weighted by Crippen LogP contribution is 2.23. The first-order valence-corrected chi connectivity index (χ1v) is 6.92. The van der Waals surface area contributed by atoms with E-state index in [4.69, 9.17) is 10.2 Å². The molecule has 1 unspecified atom stereocenters. The number of thioether (sulfide) groups is 1. The molecular weight excluding hydrogens is 220 g/mol. The number of furan rings is 1. The largest absolute Gasteiger partial charge is 0.465 e. The van der Waals surface area contributed by atoms with Crippen molar-refractivity contribution < 1.29 is 4.42 Å². The van der Waals surface area contributed by atoms with E-state index in [0.29, 0.717) is 12.6 Å². The van der Waals surface area contributed by atoms with Gasteiger partial charge in [0, 0.05) is 23.9 Å². The second-order valence-electron chi connectivity index (χ2n) is 4.43. The zero-order chi connectivity index (χ0) is 11.5. The molecule has 1 aliphatic heterocycles. The van der Waals surface area contributed by atoms with Gasteiger partial charge in [0.15, 0.2) is 0 Å². The van der Waals surface area contributed by atoms with E-state index in [0.717, 1.165) is 23.6 Å². The van der Waals surface area contributed by atoms with E-state index in [1.165, 1.54) is 17.9 Å². The summed E-state index contributed by atoms with van der Waals surface area (Å²) in [5.41, 5.74) is 6.77. The van der Waals surface area contributed by atoms with Crippen LogP contribution in [0.4, 0.5) is 0 Å². The van der Waals surface area contributed by atoms with Crippen molar-refractivity contribution in [2.75, 3.05) is 18.6 Å². The van der Waals surface area contributed by atoms with Crippen LogP contribution in [0.1, 0.15) is 23.5 Å². The molecule has 1 aromatic rings. The van der Waals surface area contributed by atoms with Crippen LogP contribution in [-0.2, 0) is 13.1 Å². The van der Waals surface area contributed by atoms with Gasteiger partial charge in [0.1, 0.15) is 11.5 Å². The highest BCUT2D eigenvalue weighted by atomic mass is 32.2. The van der Waals surface area contributed by atoms with Gasteiger partial charge in [0.05, 0.1) is 6.54 Å². The Labute approximate surface area is 101 Å². The molecule has 0 amide bonds. The Bertz CT molecular complexity index is 345. The zero-order valence-corrected chi connectivity index (χ0v) is 10.8. The van der Waals surface area contributed by atoms with Gasteiger partial charge in [-0.05, 0) is 32.2 Å². The van der Waals surface area contributed by atoms with Crippen molar-refractivity contribution in [2.45, 2.75) is 32.5 Å². The van der Waals surface area contributed by atoms with Gasteiger partial charge in [-0.3, -0.25) is 4.90 Å². The molecule has 4 heteroatoms. The Morgan fingerprint density at radius 3 is 3.00 bits per heavy atom. The van der Waals surface area contributed by atoms with E-state index in [9.17, 15) is 0 Å². The standard InChI is InChI=1S/C12H20N2OS/c1-9-10(6-13)5-12(15-9)7-14(2)11-3-4-16-8-11/h5,11H,3-4,6-8,13H2,1-2H3. The molecule has 1 saturated heterocycles. The fourth-order valence-electron chi connectivity index (χ4n) is 2.11. The second kappa shape index (κ2) is 5.25. The van der Waals surface area contributed by atoms with Crippen LogP contribution in [0.3, 0.4) is 0 Å². The van der Waals surface area contributed by atoms with Crippen molar-refractivity contribution in [3.63, 3.8) is 0 Å². The van der Waals surface area contributed by atoms with Crippen molar-refractivity contribution in [1.82, 2.24) is 4.90 Å². The SMILES string of the molecule is Cc1oc(CN(C)C2CCSC2)cc1CN. The van der Waals surface area contributed by atoms with Crippen LogP contribution in [0, 0.1) is 6.92 Å². The van der Waals surface area contributed by atoms with Crippen molar-refractivity contribution in [2.24, 2.45) is 5.73 Å². The molecule has 16 heavy (non-hydrogen) atoms. The molecule has 0 radical (unpaired) electrons. The molecule has 1 atom stereocenters. The first-order valence-electron chi connectivity index (χ1n) is 5.77. The molecule has 1 fully saturated rings. The monoisotopic (exact) mass is 240 g/mol. The summed E-state index contributed by atoms with van der Waals surface area (Å²) in [4.78, 5) is 2.39. The number of nitrogens with zero attached hydrogens (tertiary/aromatic N) is 1. The normalized spacial score (nSPS) is 20.9. The molecule has 2 heterocycles. The molecule has 90 valence electrons. The number of nitrogens with two attached hydrogens (primary N) is 1. The number of aryl methyl sites for hydroxylation is 1. The van der Waals surface area contributed by atoms with Crippen LogP contribution in [0.15, 0.2) is 10.5 Å². The van der Waals surface area contributed by atoms with Crippen LogP contribution in [0.2, 0.25) is 0 Å². The lowest BCUT2D eigenvalue weighted by Crippen LogP contribution is -2.30. The highest BCUT2D eigenvalue weighted by Gasteiger charge is 2.21. The molecular formula is C12H20N2OS. The van der Waals surface area contributed by atoms with Crippen LogP contribution in [0.5, 0.6) is 0 Å². The second-order valence-corrected chi connectivity index (χ2v) is 5.58. The molecule has 0 aliphatic carbocycles. The Balaban J connectivity index is 1.97. The van der Waals surface area contributed by atoms with Gasteiger partial charge in [0.2, 0.25) is 0 Å². The first-order chi connectivity index (χ1) is 7.70. The zero-order valence-electron chi connectivity index (χ0n) is 10.0. The van der Waals surface area contributed by atoms with Crippen LogP contribution >= 0.6 is 11.8 Å². The Kier molecular flexibility index (Phi) is 3.95. The molecule has 0 saturated carbocycles. The van der Waals surface area contributed by atoms with Gasteiger partial charge in [-0.1, -0.05) is 0 Å². The molecule has 0 aromatic carbocycles. The average molecular weight is 240 g/mol. The van der Waals surface area contributed by atoms with Crippen molar-refractivity contribution in [1.29, 1.82) is 0 Å². The number of hydrogen-bond donors (Lipinski definition) is 1. The third-order valence-electron chi connectivity index (χ3n) is 3.23. The third kappa shape index (κ3) is 2.62. The van der Waals surface area contributed by atoms with Crippen LogP contribution < -0.4 is 5.73 Å². The summed E-state index contributed by atoms with van der Waals surface area (Å²) in [5, 5.41) is 0. The fourth-order valence-corrected chi connectivity index (χ4v) is 3.41. The molecule has 2 N–H and O–H groups in total. The quantitative estimate of drug-likeness (QED) is 0.874. The Hall–Kier alpha value is -0.450. The predicted molar refractivity (Wildman–Crippen MR) is 68.5 cm³/mol. The minimum absolute atomic E-state index is 0.568. The van der Waals surface area contributed by atoms with Gasteiger partial charge < -0.3 is 10.2 Å². The summed E-state index contributed by atoms with van der Waals surface area (Å²) < 4.78 is 5.71. The summed E-state index contributed by atoms with van der Waals surface area (Å²) in [6.07, 6.45) is 1.30. The molecule has 1 aromatic heterocycles. The summed E-state index contributed by atoms with van der Waals surface area (Å²) in [6.45, 7) is 3.45. The van der Waals surface area contributed by atoms with E-state index in [2.05, 4.69) is 18.0 Å². The summed E-state index contributed by atoms with van der Waals surface area (Å²) in [6, 6.07) is 2.80. The topological polar surface area (TPSA) is 42.4 Å². The highest BCUT2D eigenvalue weighted by molar-refractivity contribution is 7.99. The van der Waals surface area contributed by atoms with Crippen LogP contribution in [-0.4, -0.2) is 29.5 Å². The predicted octanol–water partition coefficient (Wildman–Crippen LogP) is 1.98. The maximum absolute atomic E-state index is 5.71. The molecule has 1 aliphatic rings. The van der Waals surface area contributed by atoms with E-state index >= 15 is 0 Å². The van der Waals surface area contributed by atoms with Gasteiger partial charge >= 0.3 is 0 Å². The average Bonchev–Trinajstić information content (AvgIpc) is 2.87. The molecule has 2 rings (SSSR count). The van der Waals surface area contributed by atoms with Crippen molar-refractivity contribution >= 4 is 11.8 Å². The van der Waals surface area contributed by atoms with Gasteiger partial charge in [-0.2, -0.15) is 11.8 Å². The Morgan fingerprint density at radius 2 is 2.44 bits per heavy atom. The Morgan fingerprint density at radius 1 is 1.62 bits per heavy atom. The van der Waals surface area contributed by atoms with Gasteiger partial charge in [-0.25, -0.2) is 0 Å². The molecule has 3 nitrogen and oxygen atoms in total. The summed E-state index contributed by atoms with van der Waals surface area (Å²) in [7, 11) is 2.18. The smallest absolute Gasteiger partial charge is 0.118 e. The van der Waals surface area contributed by atoms with Crippen molar-refractivity contribution in [3.05, 3.63) is 23.2 Å². The maximum atomic E-state index is 5.71. The van der Waals surface area contributed by atoms with Crippen LogP contribution in [0.25, 0.3) is 0 Å². The van der Waals surface area contributed by atoms with E-state index in [1.54, 1.807) is 0 Å². The number of hydrogen-bond acceptors (Lipinski definition) is 4. The number of rotatable bonds is 4. The van der Waals surface area contributed by atoms with E-state index < -0.39 is 0 Å². The van der Waals surface area contributed by atoms with Crippen molar-refractivity contribution in [3.8, 4) is 0 Å². The first kappa shape index (κ1) is 12.0. The lowest BCUT2D eigenvalue weighted by Gasteiger charge is -2.21. The fraction of sp³-hybridized carbons (Fsp3) is 0.667. The van der Waals surface area contributed by atoms with Gasteiger partial charge in [0.25, 0.3) is 0 Å². The lowest BCUT2D eigenvalue weighted by atomic mass is 10.2. The summed E-state index contributed by atoms with van der Waals surface area (Å²) in [5.74, 6) is 4.55. The molecule has 0 spiro atoms. The minimum atomic E-state index is 0.568. The lowest BCUT2D eigenvalue weighted by molar-refractivity contribution is 0.233. The minimum Gasteiger partial charge on any atom is -0.465 e. The van der Waals surface area contributed by atoms with E-state index in [-0.39, 0.29) is 0 Å². The summed E-state index contributed by atoms with van der Waals surface area (Å²) >= 11 is 2.04. The maximum Gasteiger partial charge on any atom is 0.118 e.